The van der Waals surface area contributed by atoms with E-state index in [1.165, 1.54) is 4.57 Å². The lowest BCUT2D eigenvalue weighted by molar-refractivity contribution is 0.884. The van der Waals surface area contributed by atoms with Crippen molar-refractivity contribution in [2.45, 2.75) is 0 Å². The van der Waals surface area contributed by atoms with E-state index >= 15 is 0 Å². The molecule has 0 aliphatic heterocycles. The number of nitrogens with zero attached hydrogens (tertiary/aromatic N) is 3. The van der Waals surface area contributed by atoms with Gasteiger partial charge < -0.3 is 4.57 Å². The van der Waals surface area contributed by atoms with Gasteiger partial charge in [-0.15, -0.1) is 0 Å². The van der Waals surface area contributed by atoms with Crippen LogP contribution < -0.4 is 5.56 Å². The normalized spacial score (nSPS) is 10.0. The molecule has 0 atom stereocenters. The fourth-order valence-corrected chi connectivity index (χ4v) is 1.35. The van der Waals surface area contributed by atoms with Crippen molar-refractivity contribution in [1.82, 2.24) is 9.55 Å². The van der Waals surface area contributed by atoms with Crippen LogP contribution in [0.5, 0.6) is 0 Å². The first-order valence-electron chi connectivity index (χ1n) is 4.10. The molecule has 0 aliphatic rings. The summed E-state index contributed by atoms with van der Waals surface area (Å²) in [6, 6.07) is 9.00. The van der Waals surface area contributed by atoms with Crippen molar-refractivity contribution in [3.63, 3.8) is 0 Å². The highest BCUT2D eigenvalue weighted by Crippen LogP contribution is 2.07. The summed E-state index contributed by atoms with van der Waals surface area (Å²) in [6.45, 7) is 0. The highest BCUT2D eigenvalue weighted by molar-refractivity contribution is 5.74. The van der Waals surface area contributed by atoms with E-state index in [1.807, 2.05) is 12.1 Å². The zero-order valence-electron chi connectivity index (χ0n) is 7.56. The molecule has 0 unspecified atom stereocenters. The van der Waals surface area contributed by atoms with E-state index in [0.717, 1.165) is 5.52 Å². The van der Waals surface area contributed by atoms with Gasteiger partial charge in [-0.3, -0.25) is 4.79 Å². The second-order valence-electron chi connectivity index (χ2n) is 2.93. The van der Waals surface area contributed by atoms with Gasteiger partial charge in [0.1, 0.15) is 6.07 Å². The number of rotatable bonds is 0. The van der Waals surface area contributed by atoms with Crippen molar-refractivity contribution in [1.29, 1.82) is 5.26 Å². The highest BCUT2D eigenvalue weighted by atomic mass is 16.1. The van der Waals surface area contributed by atoms with Crippen LogP contribution in [0.2, 0.25) is 0 Å². The quantitative estimate of drug-likeness (QED) is 0.610. The van der Waals surface area contributed by atoms with Crippen LogP contribution in [-0.2, 0) is 7.05 Å². The summed E-state index contributed by atoms with van der Waals surface area (Å²) in [6.07, 6.45) is 0. The Labute approximate surface area is 80.0 Å². The molecule has 4 heteroatoms. The van der Waals surface area contributed by atoms with Gasteiger partial charge in [-0.25, -0.2) is 4.98 Å². The van der Waals surface area contributed by atoms with Crippen LogP contribution in [0.1, 0.15) is 5.69 Å². The van der Waals surface area contributed by atoms with E-state index in [-0.39, 0.29) is 11.3 Å². The van der Waals surface area contributed by atoms with Crippen molar-refractivity contribution in [2.24, 2.45) is 7.05 Å². The van der Waals surface area contributed by atoms with Crippen molar-refractivity contribution in [3.05, 3.63) is 40.3 Å². The van der Waals surface area contributed by atoms with Crippen molar-refractivity contribution < 1.29 is 0 Å². The molecule has 1 aromatic heterocycles. The van der Waals surface area contributed by atoms with Crippen LogP contribution in [0.25, 0.3) is 11.0 Å². The zero-order valence-corrected chi connectivity index (χ0v) is 7.56. The van der Waals surface area contributed by atoms with Gasteiger partial charge in [0, 0.05) is 7.05 Å². The second-order valence-corrected chi connectivity index (χ2v) is 2.93. The maximum Gasteiger partial charge on any atom is 0.287 e. The zero-order chi connectivity index (χ0) is 10.1. The minimum atomic E-state index is -0.355. The molecule has 0 aliphatic carbocycles. The minimum absolute atomic E-state index is 0.0637. The molecule has 0 amide bonds. The molecule has 0 saturated heterocycles. The molecule has 0 spiro atoms. The summed E-state index contributed by atoms with van der Waals surface area (Å²) in [7, 11) is 1.63. The van der Waals surface area contributed by atoms with E-state index in [1.54, 1.807) is 25.2 Å². The number of benzene rings is 1. The predicted octanol–water partition coefficient (Wildman–Crippen LogP) is 0.805. The molecule has 1 aromatic carbocycles. The number of aryl methyl sites for hydroxylation is 1. The molecular weight excluding hydrogens is 178 g/mol. The van der Waals surface area contributed by atoms with Crippen LogP contribution in [-0.4, -0.2) is 9.55 Å². The van der Waals surface area contributed by atoms with E-state index in [2.05, 4.69) is 4.98 Å². The van der Waals surface area contributed by atoms with Crippen molar-refractivity contribution in [2.75, 3.05) is 0 Å². The lowest BCUT2D eigenvalue weighted by Gasteiger charge is -2.03. The lowest BCUT2D eigenvalue weighted by Crippen LogP contribution is -2.21. The Morgan fingerprint density at radius 1 is 1.43 bits per heavy atom. The molecule has 0 radical (unpaired) electrons. The topological polar surface area (TPSA) is 58.7 Å². The fraction of sp³-hybridized carbons (Fsp3) is 0.100. The molecule has 2 aromatic rings. The Bertz CT molecular complexity index is 592. The van der Waals surface area contributed by atoms with Crippen LogP contribution in [0.3, 0.4) is 0 Å². The van der Waals surface area contributed by atoms with Crippen molar-refractivity contribution >= 4 is 11.0 Å². The molecule has 0 saturated carbocycles. The summed E-state index contributed by atoms with van der Waals surface area (Å²) < 4.78 is 1.43. The van der Waals surface area contributed by atoms with Gasteiger partial charge >= 0.3 is 0 Å². The summed E-state index contributed by atoms with van der Waals surface area (Å²) in [5, 5.41) is 8.68. The first kappa shape index (κ1) is 8.45. The third-order valence-corrected chi connectivity index (χ3v) is 2.09. The smallest absolute Gasteiger partial charge is 0.287 e. The van der Waals surface area contributed by atoms with Crippen LogP contribution >= 0.6 is 0 Å². The maximum atomic E-state index is 11.5. The first-order valence-corrected chi connectivity index (χ1v) is 4.10. The molecule has 0 bridgehead atoms. The van der Waals surface area contributed by atoms with Crippen LogP contribution in [0.15, 0.2) is 29.1 Å². The fourth-order valence-electron chi connectivity index (χ4n) is 1.35. The highest BCUT2D eigenvalue weighted by Gasteiger charge is 2.05. The number of hydrogen-bond acceptors (Lipinski definition) is 3. The number of hydrogen-bond donors (Lipinski definition) is 0. The molecule has 68 valence electrons. The van der Waals surface area contributed by atoms with E-state index in [4.69, 9.17) is 5.26 Å². The molecule has 14 heavy (non-hydrogen) atoms. The average Bonchev–Trinajstić information content (AvgIpc) is 2.23. The predicted molar refractivity (Wildman–Crippen MR) is 51.7 cm³/mol. The van der Waals surface area contributed by atoms with E-state index in [9.17, 15) is 4.79 Å². The summed E-state index contributed by atoms with van der Waals surface area (Å²) in [5.74, 6) is 0. The van der Waals surface area contributed by atoms with Gasteiger partial charge in [0.25, 0.3) is 5.56 Å². The Morgan fingerprint density at radius 2 is 2.14 bits per heavy atom. The Kier molecular flexibility index (Phi) is 1.79. The number of nitriles is 1. The van der Waals surface area contributed by atoms with Gasteiger partial charge in [0.05, 0.1) is 11.0 Å². The summed E-state index contributed by atoms with van der Waals surface area (Å²) >= 11 is 0. The second kappa shape index (κ2) is 2.96. The number of para-hydroxylation sites is 2. The Morgan fingerprint density at radius 3 is 2.86 bits per heavy atom. The third-order valence-electron chi connectivity index (χ3n) is 2.09. The van der Waals surface area contributed by atoms with Crippen LogP contribution in [0, 0.1) is 11.3 Å². The number of fused-ring (bicyclic) bond motifs is 1. The maximum absolute atomic E-state index is 11.5. The third kappa shape index (κ3) is 1.07. The van der Waals surface area contributed by atoms with Gasteiger partial charge in [-0.2, -0.15) is 5.26 Å². The van der Waals surface area contributed by atoms with Gasteiger partial charge in [0.2, 0.25) is 5.69 Å². The summed E-state index contributed by atoms with van der Waals surface area (Å²) in [4.78, 5) is 15.5. The van der Waals surface area contributed by atoms with Gasteiger partial charge in [-0.05, 0) is 12.1 Å². The lowest BCUT2D eigenvalue weighted by atomic mass is 10.3. The molecule has 0 fully saturated rings. The molecular formula is C10H7N3O. The Hall–Kier alpha value is -2.15. The standard InChI is InChI=1S/C10H7N3O/c1-13-9-5-3-2-4-7(9)12-8(6-11)10(13)14/h2-5H,1H3. The molecule has 2 rings (SSSR count). The monoisotopic (exact) mass is 185 g/mol. The largest absolute Gasteiger partial charge is 0.307 e. The number of aromatic nitrogens is 2. The van der Waals surface area contributed by atoms with Crippen LogP contribution in [0.4, 0.5) is 0 Å². The van der Waals surface area contributed by atoms with E-state index < -0.39 is 0 Å². The average molecular weight is 185 g/mol. The molecule has 1 heterocycles. The Balaban J connectivity index is 3.01. The van der Waals surface area contributed by atoms with Gasteiger partial charge in [0.15, 0.2) is 0 Å². The molecule has 4 nitrogen and oxygen atoms in total. The van der Waals surface area contributed by atoms with Gasteiger partial charge in [-0.1, -0.05) is 12.1 Å². The van der Waals surface area contributed by atoms with E-state index in [0.29, 0.717) is 5.52 Å². The summed E-state index contributed by atoms with van der Waals surface area (Å²) in [5.41, 5.74) is 0.972. The first-order chi connectivity index (χ1) is 6.74. The van der Waals surface area contributed by atoms with Crippen molar-refractivity contribution in [3.8, 4) is 6.07 Å². The SMILES string of the molecule is Cn1c(=O)c(C#N)nc2ccccc21. The minimum Gasteiger partial charge on any atom is -0.307 e. The molecule has 0 N–H and O–H groups in total.